The Hall–Kier alpha value is -1.91. The van der Waals surface area contributed by atoms with Crippen molar-refractivity contribution < 1.29 is 9.47 Å². The molecule has 1 aliphatic carbocycles. The number of hydrogen-bond acceptors (Lipinski definition) is 3. The van der Waals surface area contributed by atoms with Gasteiger partial charge in [0.05, 0.1) is 13.7 Å². The molecule has 0 bridgehead atoms. The van der Waals surface area contributed by atoms with Gasteiger partial charge in [0, 0.05) is 12.6 Å². The van der Waals surface area contributed by atoms with Gasteiger partial charge >= 0.3 is 0 Å². The molecule has 0 atom stereocenters. The average Bonchev–Trinajstić information content (AvgIpc) is 2.60. The molecule has 1 fully saturated rings. The highest BCUT2D eigenvalue weighted by atomic mass is 16.5. The van der Waals surface area contributed by atoms with E-state index in [-0.39, 0.29) is 0 Å². The highest BCUT2D eigenvalue weighted by molar-refractivity contribution is 5.78. The van der Waals surface area contributed by atoms with Crippen molar-refractivity contribution in [3.8, 4) is 11.5 Å². The van der Waals surface area contributed by atoms with Crippen LogP contribution < -0.4 is 20.5 Å². The molecule has 1 aromatic rings. The quantitative estimate of drug-likeness (QED) is 0.435. The third kappa shape index (κ3) is 5.95. The predicted molar refractivity (Wildman–Crippen MR) is 99.0 cm³/mol. The summed E-state index contributed by atoms with van der Waals surface area (Å²) in [5.41, 5.74) is 7.22. The van der Waals surface area contributed by atoms with Gasteiger partial charge in [0.15, 0.2) is 17.5 Å². The number of hydrogen-bond donors (Lipinski definition) is 2. The summed E-state index contributed by atoms with van der Waals surface area (Å²) in [7, 11) is 1.66. The Balaban J connectivity index is 1.76. The van der Waals surface area contributed by atoms with E-state index < -0.39 is 0 Å². The lowest BCUT2D eigenvalue weighted by molar-refractivity contribution is 0.310. The van der Waals surface area contributed by atoms with Gasteiger partial charge < -0.3 is 20.5 Å². The van der Waals surface area contributed by atoms with Crippen LogP contribution in [0.3, 0.4) is 0 Å². The lowest BCUT2D eigenvalue weighted by atomic mass is 9.96. The molecule has 5 heteroatoms. The SMILES string of the molecule is CCOc1cc(CCCN=C(N)NC2CCCCC2)ccc1OC. The number of nitrogens with zero attached hydrogens (tertiary/aromatic N) is 1. The van der Waals surface area contributed by atoms with E-state index >= 15 is 0 Å². The standard InChI is InChI=1S/C19H31N3O2/c1-3-24-18-14-15(11-12-17(18)23-2)8-7-13-21-19(20)22-16-9-5-4-6-10-16/h11-12,14,16H,3-10,13H2,1-2H3,(H3,20,21,22). The van der Waals surface area contributed by atoms with Crippen molar-refractivity contribution >= 4 is 5.96 Å². The van der Waals surface area contributed by atoms with E-state index in [1.165, 1.54) is 37.7 Å². The summed E-state index contributed by atoms with van der Waals surface area (Å²) in [5, 5.41) is 3.35. The minimum Gasteiger partial charge on any atom is -0.493 e. The monoisotopic (exact) mass is 333 g/mol. The fraction of sp³-hybridized carbons (Fsp3) is 0.632. The van der Waals surface area contributed by atoms with Gasteiger partial charge in [-0.15, -0.1) is 0 Å². The molecule has 5 nitrogen and oxygen atoms in total. The summed E-state index contributed by atoms with van der Waals surface area (Å²) in [6, 6.07) is 6.60. The Morgan fingerprint density at radius 2 is 2.04 bits per heavy atom. The molecule has 1 saturated carbocycles. The molecule has 134 valence electrons. The number of ether oxygens (including phenoxy) is 2. The topological polar surface area (TPSA) is 68.9 Å². The Morgan fingerprint density at radius 1 is 1.25 bits per heavy atom. The van der Waals surface area contributed by atoms with Gasteiger partial charge in [-0.3, -0.25) is 4.99 Å². The van der Waals surface area contributed by atoms with E-state index in [1.54, 1.807) is 7.11 Å². The first-order valence-corrected chi connectivity index (χ1v) is 9.09. The Labute approximate surface area is 145 Å². The molecule has 1 aliphatic rings. The summed E-state index contributed by atoms with van der Waals surface area (Å²) in [6.07, 6.45) is 8.27. The molecular weight excluding hydrogens is 302 g/mol. The van der Waals surface area contributed by atoms with E-state index in [0.29, 0.717) is 18.6 Å². The van der Waals surface area contributed by atoms with E-state index in [0.717, 1.165) is 30.9 Å². The van der Waals surface area contributed by atoms with E-state index in [1.807, 2.05) is 13.0 Å². The second kappa shape index (κ2) is 10.1. The number of aryl methyl sites for hydroxylation is 1. The average molecular weight is 333 g/mol. The second-order valence-electron chi connectivity index (χ2n) is 6.27. The van der Waals surface area contributed by atoms with Crippen LogP contribution >= 0.6 is 0 Å². The summed E-state index contributed by atoms with van der Waals surface area (Å²) >= 11 is 0. The fourth-order valence-corrected chi connectivity index (χ4v) is 3.13. The van der Waals surface area contributed by atoms with Crippen LogP contribution in [0.15, 0.2) is 23.2 Å². The van der Waals surface area contributed by atoms with E-state index in [2.05, 4.69) is 22.4 Å². The first-order chi connectivity index (χ1) is 11.7. The molecule has 0 saturated heterocycles. The zero-order chi connectivity index (χ0) is 17.2. The third-order valence-electron chi connectivity index (χ3n) is 4.39. The van der Waals surface area contributed by atoms with Gasteiger partial charge in [0.25, 0.3) is 0 Å². The molecule has 24 heavy (non-hydrogen) atoms. The largest absolute Gasteiger partial charge is 0.493 e. The van der Waals surface area contributed by atoms with Gasteiger partial charge in [-0.1, -0.05) is 25.3 Å². The zero-order valence-electron chi connectivity index (χ0n) is 15.0. The summed E-state index contributed by atoms with van der Waals surface area (Å²) in [6.45, 7) is 3.35. The number of guanidine groups is 1. The van der Waals surface area contributed by atoms with Crippen molar-refractivity contribution in [1.82, 2.24) is 5.32 Å². The van der Waals surface area contributed by atoms with Gasteiger partial charge in [-0.25, -0.2) is 0 Å². The van der Waals surface area contributed by atoms with Gasteiger partial charge in [0.2, 0.25) is 0 Å². The van der Waals surface area contributed by atoms with Gasteiger partial charge in [0.1, 0.15) is 0 Å². The number of benzene rings is 1. The normalized spacial score (nSPS) is 16.0. The molecular formula is C19H31N3O2. The Morgan fingerprint density at radius 3 is 2.75 bits per heavy atom. The van der Waals surface area contributed by atoms with Crippen molar-refractivity contribution in [2.45, 2.75) is 57.9 Å². The van der Waals surface area contributed by atoms with Crippen LogP contribution in [0.2, 0.25) is 0 Å². The lowest BCUT2D eigenvalue weighted by Crippen LogP contribution is -2.41. The maximum absolute atomic E-state index is 5.99. The molecule has 3 N–H and O–H groups in total. The number of aliphatic imine (C=N–C) groups is 1. The highest BCUT2D eigenvalue weighted by Gasteiger charge is 2.13. The van der Waals surface area contributed by atoms with Crippen LogP contribution in [0, 0.1) is 0 Å². The summed E-state index contributed by atoms with van der Waals surface area (Å²) < 4.78 is 10.9. The molecule has 2 rings (SSSR count). The van der Waals surface area contributed by atoms with Crippen molar-refractivity contribution in [2.24, 2.45) is 10.7 Å². The maximum Gasteiger partial charge on any atom is 0.188 e. The van der Waals surface area contributed by atoms with Crippen LogP contribution in [0.4, 0.5) is 0 Å². The lowest BCUT2D eigenvalue weighted by Gasteiger charge is -2.23. The van der Waals surface area contributed by atoms with E-state index in [4.69, 9.17) is 15.2 Å². The molecule has 0 aliphatic heterocycles. The minimum absolute atomic E-state index is 0.512. The number of rotatable bonds is 8. The summed E-state index contributed by atoms with van der Waals surface area (Å²) in [4.78, 5) is 4.45. The third-order valence-corrected chi connectivity index (χ3v) is 4.39. The van der Waals surface area contributed by atoms with Crippen molar-refractivity contribution in [1.29, 1.82) is 0 Å². The zero-order valence-corrected chi connectivity index (χ0v) is 15.0. The fourth-order valence-electron chi connectivity index (χ4n) is 3.13. The Kier molecular flexibility index (Phi) is 7.72. The van der Waals surface area contributed by atoms with Crippen LogP contribution in [0.1, 0.15) is 51.0 Å². The van der Waals surface area contributed by atoms with Crippen LogP contribution in [0.25, 0.3) is 0 Å². The molecule has 0 heterocycles. The first kappa shape index (κ1) is 18.4. The maximum atomic E-state index is 5.99. The number of nitrogens with one attached hydrogen (secondary N) is 1. The minimum atomic E-state index is 0.512. The molecule has 0 radical (unpaired) electrons. The highest BCUT2D eigenvalue weighted by Crippen LogP contribution is 2.28. The first-order valence-electron chi connectivity index (χ1n) is 9.09. The van der Waals surface area contributed by atoms with Gasteiger partial charge in [-0.05, 0) is 50.3 Å². The summed E-state index contributed by atoms with van der Waals surface area (Å²) in [5.74, 6) is 2.17. The molecule has 1 aromatic carbocycles. The van der Waals surface area contributed by atoms with Crippen LogP contribution in [-0.2, 0) is 6.42 Å². The van der Waals surface area contributed by atoms with Crippen LogP contribution in [-0.4, -0.2) is 32.3 Å². The van der Waals surface area contributed by atoms with Crippen molar-refractivity contribution in [3.63, 3.8) is 0 Å². The van der Waals surface area contributed by atoms with Crippen LogP contribution in [0.5, 0.6) is 11.5 Å². The van der Waals surface area contributed by atoms with Crippen molar-refractivity contribution in [3.05, 3.63) is 23.8 Å². The predicted octanol–water partition coefficient (Wildman–Crippen LogP) is 3.26. The van der Waals surface area contributed by atoms with Crippen molar-refractivity contribution in [2.75, 3.05) is 20.3 Å². The number of nitrogens with two attached hydrogens (primary N) is 1. The molecule has 0 amide bonds. The molecule has 0 spiro atoms. The number of methoxy groups -OCH3 is 1. The van der Waals surface area contributed by atoms with Gasteiger partial charge in [-0.2, -0.15) is 0 Å². The second-order valence-corrected chi connectivity index (χ2v) is 6.27. The smallest absolute Gasteiger partial charge is 0.188 e. The molecule has 0 aromatic heterocycles. The van der Waals surface area contributed by atoms with E-state index in [9.17, 15) is 0 Å². The Bertz CT molecular complexity index is 525. The molecule has 0 unspecified atom stereocenters.